The Morgan fingerprint density at radius 3 is 3.04 bits per heavy atom. The first kappa shape index (κ1) is 15.4. The summed E-state index contributed by atoms with van der Waals surface area (Å²) in [7, 11) is 0. The van der Waals surface area contributed by atoms with Gasteiger partial charge in [-0.25, -0.2) is 0 Å². The van der Waals surface area contributed by atoms with Crippen LogP contribution in [-0.4, -0.2) is 27.7 Å². The fourth-order valence-electron chi connectivity index (χ4n) is 3.83. The molecule has 2 aromatic heterocycles. The summed E-state index contributed by atoms with van der Waals surface area (Å²) in [6.07, 6.45) is 5.54. The fraction of sp³-hybridized carbons (Fsp3) is 0.471. The third-order valence-corrected chi connectivity index (χ3v) is 5.92. The molecule has 1 unspecified atom stereocenters. The van der Waals surface area contributed by atoms with E-state index in [9.17, 15) is 9.59 Å². The molecule has 1 spiro atoms. The number of aromatic nitrogens is 2. The first-order valence-electron chi connectivity index (χ1n) is 8.24. The number of rotatable bonds is 4. The van der Waals surface area contributed by atoms with Crippen molar-refractivity contribution in [3.05, 3.63) is 29.3 Å². The van der Waals surface area contributed by atoms with E-state index in [0.29, 0.717) is 6.54 Å². The minimum atomic E-state index is -0.561. The molecule has 6 nitrogen and oxygen atoms in total. The molecule has 1 aliphatic heterocycles. The fourth-order valence-corrected chi connectivity index (χ4v) is 4.59. The summed E-state index contributed by atoms with van der Waals surface area (Å²) in [6.45, 7) is 0.392. The van der Waals surface area contributed by atoms with Crippen molar-refractivity contribution in [1.29, 1.82) is 0 Å². The molecule has 2 aliphatic rings. The molecule has 1 saturated carbocycles. The van der Waals surface area contributed by atoms with Crippen LogP contribution in [0.2, 0.25) is 0 Å². The Morgan fingerprint density at radius 1 is 1.46 bits per heavy atom. The van der Waals surface area contributed by atoms with Crippen LogP contribution in [0.1, 0.15) is 37.7 Å². The second kappa shape index (κ2) is 6.05. The maximum atomic E-state index is 12.7. The number of nitrogens with one attached hydrogen (secondary N) is 2. The van der Waals surface area contributed by atoms with Gasteiger partial charge in [0, 0.05) is 12.1 Å². The van der Waals surface area contributed by atoms with E-state index in [4.69, 9.17) is 4.74 Å². The maximum absolute atomic E-state index is 12.7. The Balaban J connectivity index is 1.46. The van der Waals surface area contributed by atoms with Crippen molar-refractivity contribution in [3.8, 4) is 10.6 Å². The van der Waals surface area contributed by atoms with E-state index < -0.39 is 5.60 Å². The smallest absolute Gasteiger partial charge is 0.307 e. The molecule has 0 bridgehead atoms. The highest BCUT2D eigenvalue weighted by Crippen LogP contribution is 2.45. The second-order valence-corrected chi connectivity index (χ2v) is 7.42. The lowest BCUT2D eigenvalue weighted by Crippen LogP contribution is -2.42. The number of hydrogen-bond donors (Lipinski definition) is 2. The lowest BCUT2D eigenvalue weighted by Gasteiger charge is -2.27. The van der Waals surface area contributed by atoms with Crippen LogP contribution in [0.25, 0.3) is 10.6 Å². The Bertz CT molecular complexity index is 747. The first-order valence-corrected chi connectivity index (χ1v) is 9.12. The van der Waals surface area contributed by atoms with Crippen molar-refractivity contribution >= 4 is 23.2 Å². The third kappa shape index (κ3) is 2.62. The second-order valence-electron chi connectivity index (χ2n) is 6.47. The van der Waals surface area contributed by atoms with E-state index in [1.807, 2.05) is 17.5 Å². The summed E-state index contributed by atoms with van der Waals surface area (Å²) < 4.78 is 5.55. The van der Waals surface area contributed by atoms with Crippen LogP contribution >= 0.6 is 11.3 Å². The van der Waals surface area contributed by atoms with Crippen molar-refractivity contribution in [2.24, 2.45) is 5.92 Å². The molecule has 3 heterocycles. The predicted molar refractivity (Wildman–Crippen MR) is 89.1 cm³/mol. The molecule has 126 valence electrons. The highest BCUT2D eigenvalue weighted by molar-refractivity contribution is 7.13. The van der Waals surface area contributed by atoms with Crippen LogP contribution in [0.5, 0.6) is 0 Å². The third-order valence-electron chi connectivity index (χ3n) is 5.03. The van der Waals surface area contributed by atoms with Crippen molar-refractivity contribution in [2.45, 2.75) is 44.2 Å². The molecule has 1 saturated heterocycles. The number of nitrogens with zero attached hydrogens (tertiary/aromatic N) is 1. The van der Waals surface area contributed by atoms with Gasteiger partial charge in [-0.15, -0.1) is 11.3 Å². The van der Waals surface area contributed by atoms with Gasteiger partial charge in [-0.3, -0.25) is 14.7 Å². The average molecular weight is 345 g/mol. The Kier molecular flexibility index (Phi) is 3.88. The topological polar surface area (TPSA) is 84.1 Å². The first-order chi connectivity index (χ1) is 11.7. The van der Waals surface area contributed by atoms with Crippen LogP contribution in [0.4, 0.5) is 0 Å². The van der Waals surface area contributed by atoms with Crippen molar-refractivity contribution < 1.29 is 14.3 Å². The number of hydrogen-bond acceptors (Lipinski definition) is 5. The van der Waals surface area contributed by atoms with Gasteiger partial charge in [-0.05, 0) is 37.1 Å². The van der Waals surface area contributed by atoms with Gasteiger partial charge in [-0.2, -0.15) is 5.10 Å². The van der Waals surface area contributed by atoms with Gasteiger partial charge in [0.2, 0.25) is 5.91 Å². The molecular weight excluding hydrogens is 326 g/mol. The molecule has 7 heteroatoms. The minimum Gasteiger partial charge on any atom is -0.458 e. The lowest BCUT2D eigenvalue weighted by molar-refractivity contribution is -0.149. The SMILES string of the molecule is O=C1CC(C(=O)NCc2cn[nH]c2-c2cccs2)C2(CCCC2)O1. The molecule has 4 rings (SSSR count). The Hall–Kier alpha value is -2.15. The van der Waals surface area contributed by atoms with Crippen LogP contribution in [0, 0.1) is 5.92 Å². The van der Waals surface area contributed by atoms with Gasteiger partial charge >= 0.3 is 5.97 Å². The van der Waals surface area contributed by atoms with Gasteiger partial charge in [0.15, 0.2) is 0 Å². The molecule has 2 fully saturated rings. The van der Waals surface area contributed by atoms with Crippen LogP contribution in [0.3, 0.4) is 0 Å². The van der Waals surface area contributed by atoms with Crippen molar-refractivity contribution in [2.75, 3.05) is 0 Å². The monoisotopic (exact) mass is 345 g/mol. The van der Waals surface area contributed by atoms with Gasteiger partial charge in [0.25, 0.3) is 0 Å². The molecule has 0 radical (unpaired) electrons. The van der Waals surface area contributed by atoms with E-state index in [1.54, 1.807) is 17.5 Å². The van der Waals surface area contributed by atoms with E-state index in [1.165, 1.54) is 0 Å². The van der Waals surface area contributed by atoms with Gasteiger partial charge in [0.05, 0.1) is 29.1 Å². The van der Waals surface area contributed by atoms with Crippen molar-refractivity contribution in [3.63, 3.8) is 0 Å². The number of esters is 1. The largest absolute Gasteiger partial charge is 0.458 e. The molecule has 1 atom stereocenters. The number of H-pyrrole nitrogens is 1. The van der Waals surface area contributed by atoms with E-state index in [-0.39, 0.29) is 24.2 Å². The maximum Gasteiger partial charge on any atom is 0.307 e. The molecule has 1 amide bonds. The number of amides is 1. The number of carbonyl (C=O) groups excluding carboxylic acids is 2. The summed E-state index contributed by atoms with van der Waals surface area (Å²) in [5.41, 5.74) is 1.31. The number of ether oxygens (including phenoxy) is 1. The summed E-state index contributed by atoms with van der Waals surface area (Å²) in [5, 5.41) is 12.1. The summed E-state index contributed by atoms with van der Waals surface area (Å²) in [5.74, 6) is -0.717. The number of carbonyl (C=O) groups is 2. The molecular formula is C17H19N3O3S. The van der Waals surface area contributed by atoms with E-state index in [0.717, 1.165) is 41.8 Å². The zero-order chi connectivity index (χ0) is 16.6. The van der Waals surface area contributed by atoms with Gasteiger partial charge < -0.3 is 10.1 Å². The summed E-state index contributed by atoms with van der Waals surface area (Å²) in [4.78, 5) is 25.5. The molecule has 2 aromatic rings. The van der Waals surface area contributed by atoms with E-state index >= 15 is 0 Å². The van der Waals surface area contributed by atoms with Crippen molar-refractivity contribution in [1.82, 2.24) is 15.5 Å². The summed E-state index contributed by atoms with van der Waals surface area (Å²) in [6, 6.07) is 4.00. The lowest BCUT2D eigenvalue weighted by atomic mass is 9.85. The minimum absolute atomic E-state index is 0.0962. The van der Waals surface area contributed by atoms with Crippen LogP contribution in [-0.2, 0) is 20.9 Å². The van der Waals surface area contributed by atoms with Gasteiger partial charge in [-0.1, -0.05) is 6.07 Å². The molecule has 2 N–H and O–H groups in total. The molecule has 0 aromatic carbocycles. The van der Waals surface area contributed by atoms with E-state index in [2.05, 4.69) is 15.5 Å². The summed E-state index contributed by atoms with van der Waals surface area (Å²) >= 11 is 1.62. The molecule has 1 aliphatic carbocycles. The molecule has 24 heavy (non-hydrogen) atoms. The zero-order valence-corrected chi connectivity index (χ0v) is 14.0. The van der Waals surface area contributed by atoms with Crippen LogP contribution < -0.4 is 5.32 Å². The highest BCUT2D eigenvalue weighted by Gasteiger charge is 2.53. The number of thiophene rings is 1. The van der Waals surface area contributed by atoms with Crippen LogP contribution in [0.15, 0.2) is 23.7 Å². The zero-order valence-electron chi connectivity index (χ0n) is 13.2. The Morgan fingerprint density at radius 2 is 2.29 bits per heavy atom. The van der Waals surface area contributed by atoms with Gasteiger partial charge in [0.1, 0.15) is 5.60 Å². The quantitative estimate of drug-likeness (QED) is 0.834. The number of aromatic amines is 1. The standard InChI is InChI=1S/C17H19N3O3S/c21-14-8-12(17(23-14)5-1-2-6-17)16(22)18-9-11-10-19-20-15(11)13-4-3-7-24-13/h3-4,7,10,12H,1-2,5-6,8-9H2,(H,18,22)(H,19,20). The normalized spacial score (nSPS) is 22.0. The predicted octanol–water partition coefficient (Wildman–Crippen LogP) is 2.63. The Labute approximate surface area is 143 Å². The average Bonchev–Trinajstić information content (AvgIpc) is 3.33. The highest BCUT2D eigenvalue weighted by atomic mass is 32.1.